The van der Waals surface area contributed by atoms with E-state index in [1.54, 1.807) is 12.1 Å². The minimum Gasteiger partial charge on any atom is -0.282 e. The first-order valence-corrected chi connectivity index (χ1v) is 5.75. The van der Waals surface area contributed by atoms with E-state index >= 15 is 0 Å². The van der Waals surface area contributed by atoms with Crippen molar-refractivity contribution in [3.8, 4) is 0 Å². The highest BCUT2D eigenvalue weighted by Gasteiger charge is 2.00. The van der Waals surface area contributed by atoms with Crippen molar-refractivity contribution in [3.05, 3.63) is 22.9 Å². The third-order valence-electron chi connectivity index (χ3n) is 1.03. The van der Waals surface area contributed by atoms with Crippen molar-refractivity contribution >= 4 is 31.6 Å². The predicted molar refractivity (Wildman–Crippen MR) is 50.4 cm³/mol. The standard InChI is InChI=1S/C6H7BrN2O2S/c1-12(10,11)9-5-2-3-6(7)8-4-5/h2-4,9H,1H3. The van der Waals surface area contributed by atoms with Gasteiger partial charge in [-0.3, -0.25) is 4.72 Å². The number of anilines is 1. The Hall–Kier alpha value is -0.620. The molecule has 0 aliphatic heterocycles. The van der Waals surface area contributed by atoms with Gasteiger partial charge in [0.2, 0.25) is 10.0 Å². The van der Waals surface area contributed by atoms with E-state index in [9.17, 15) is 8.42 Å². The van der Waals surface area contributed by atoms with Crippen LogP contribution in [0.15, 0.2) is 22.9 Å². The van der Waals surface area contributed by atoms with Gasteiger partial charge < -0.3 is 0 Å². The molecule has 1 aromatic rings. The van der Waals surface area contributed by atoms with Gasteiger partial charge >= 0.3 is 0 Å². The molecule has 1 aromatic heterocycles. The summed E-state index contributed by atoms with van der Waals surface area (Å²) < 4.78 is 24.4. The van der Waals surface area contributed by atoms with Crippen molar-refractivity contribution in [2.24, 2.45) is 0 Å². The highest BCUT2D eigenvalue weighted by Crippen LogP contribution is 2.10. The molecule has 0 aromatic carbocycles. The largest absolute Gasteiger partial charge is 0.282 e. The zero-order valence-corrected chi connectivity index (χ0v) is 8.68. The van der Waals surface area contributed by atoms with E-state index in [1.165, 1.54) is 6.20 Å². The molecule has 0 saturated carbocycles. The molecule has 0 atom stereocenters. The maximum Gasteiger partial charge on any atom is 0.229 e. The minimum absolute atomic E-state index is 0.459. The average Bonchev–Trinajstić information content (AvgIpc) is 1.91. The Balaban J connectivity index is 2.85. The van der Waals surface area contributed by atoms with Crippen LogP contribution >= 0.6 is 15.9 Å². The third-order valence-corrected chi connectivity index (χ3v) is 2.11. The molecule has 12 heavy (non-hydrogen) atoms. The predicted octanol–water partition coefficient (Wildman–Crippen LogP) is 1.22. The van der Waals surface area contributed by atoms with Gasteiger partial charge in [0, 0.05) is 0 Å². The van der Waals surface area contributed by atoms with E-state index in [0.29, 0.717) is 10.3 Å². The molecule has 0 saturated heterocycles. The number of rotatable bonds is 2. The third kappa shape index (κ3) is 3.19. The molecule has 4 nitrogen and oxygen atoms in total. The van der Waals surface area contributed by atoms with Gasteiger partial charge in [-0.05, 0) is 28.1 Å². The Labute approximate surface area is 79.2 Å². The van der Waals surface area contributed by atoms with Crippen LogP contribution in [0.4, 0.5) is 5.69 Å². The van der Waals surface area contributed by atoms with Crippen molar-refractivity contribution < 1.29 is 8.42 Å². The number of nitrogens with one attached hydrogen (secondary N) is 1. The Morgan fingerprint density at radius 2 is 2.17 bits per heavy atom. The lowest BCUT2D eigenvalue weighted by Crippen LogP contribution is -2.09. The first kappa shape index (κ1) is 9.47. The summed E-state index contributed by atoms with van der Waals surface area (Å²) in [4.78, 5) is 3.85. The first-order chi connectivity index (χ1) is 5.47. The molecule has 0 radical (unpaired) electrons. The summed E-state index contributed by atoms with van der Waals surface area (Å²) in [6.45, 7) is 0. The van der Waals surface area contributed by atoms with E-state index in [1.807, 2.05) is 0 Å². The van der Waals surface area contributed by atoms with Crippen LogP contribution in [0.5, 0.6) is 0 Å². The maximum atomic E-state index is 10.7. The van der Waals surface area contributed by atoms with E-state index in [-0.39, 0.29) is 0 Å². The fourth-order valence-corrected chi connectivity index (χ4v) is 1.43. The fraction of sp³-hybridized carbons (Fsp3) is 0.167. The molecule has 0 unspecified atom stereocenters. The SMILES string of the molecule is CS(=O)(=O)Nc1ccc(Br)nc1. The van der Waals surface area contributed by atoms with Crippen molar-refractivity contribution in [1.82, 2.24) is 4.98 Å². The van der Waals surface area contributed by atoms with Gasteiger partial charge in [-0.15, -0.1) is 0 Å². The van der Waals surface area contributed by atoms with Gasteiger partial charge in [-0.1, -0.05) is 0 Å². The number of sulfonamides is 1. The van der Waals surface area contributed by atoms with Crippen LogP contribution in [-0.4, -0.2) is 19.7 Å². The lowest BCUT2D eigenvalue weighted by Gasteiger charge is -2.01. The molecule has 1 heterocycles. The van der Waals surface area contributed by atoms with Crippen molar-refractivity contribution in [3.63, 3.8) is 0 Å². The second kappa shape index (κ2) is 3.40. The Morgan fingerprint density at radius 1 is 1.50 bits per heavy atom. The second-order valence-electron chi connectivity index (χ2n) is 2.24. The minimum atomic E-state index is -3.20. The van der Waals surface area contributed by atoms with E-state index in [2.05, 4.69) is 25.6 Å². The topological polar surface area (TPSA) is 59.1 Å². The highest BCUT2D eigenvalue weighted by molar-refractivity contribution is 9.10. The number of nitrogens with zero attached hydrogens (tertiary/aromatic N) is 1. The molecular weight excluding hydrogens is 244 g/mol. The van der Waals surface area contributed by atoms with Gasteiger partial charge in [0.25, 0.3) is 0 Å². The lowest BCUT2D eigenvalue weighted by atomic mass is 10.4. The van der Waals surface area contributed by atoms with Gasteiger partial charge in [0.1, 0.15) is 4.60 Å². The number of pyridine rings is 1. The fourth-order valence-electron chi connectivity index (χ4n) is 0.650. The van der Waals surface area contributed by atoms with Gasteiger partial charge in [-0.25, -0.2) is 13.4 Å². The molecule has 0 aliphatic rings. The summed E-state index contributed by atoms with van der Waals surface area (Å²) in [6.07, 6.45) is 2.53. The average molecular weight is 251 g/mol. The summed E-state index contributed by atoms with van der Waals surface area (Å²) in [6, 6.07) is 3.28. The molecule has 1 rings (SSSR count). The lowest BCUT2D eigenvalue weighted by molar-refractivity contribution is 0.607. The molecule has 6 heteroatoms. The van der Waals surface area contributed by atoms with Crippen molar-refractivity contribution in [1.29, 1.82) is 0 Å². The molecule has 0 bridgehead atoms. The molecule has 0 fully saturated rings. The summed E-state index contributed by atoms with van der Waals surface area (Å²) >= 11 is 3.14. The van der Waals surface area contributed by atoms with Gasteiger partial charge in [0.05, 0.1) is 18.1 Å². The van der Waals surface area contributed by atoms with Crippen LogP contribution in [0.1, 0.15) is 0 Å². The van der Waals surface area contributed by atoms with Crippen LogP contribution in [-0.2, 0) is 10.0 Å². The first-order valence-electron chi connectivity index (χ1n) is 3.07. The smallest absolute Gasteiger partial charge is 0.229 e. The number of hydrogen-bond acceptors (Lipinski definition) is 3. The molecule has 66 valence electrons. The highest BCUT2D eigenvalue weighted by atomic mass is 79.9. The van der Waals surface area contributed by atoms with Gasteiger partial charge in [-0.2, -0.15) is 0 Å². The van der Waals surface area contributed by atoms with E-state index in [0.717, 1.165) is 6.26 Å². The Morgan fingerprint density at radius 3 is 2.58 bits per heavy atom. The van der Waals surface area contributed by atoms with E-state index in [4.69, 9.17) is 0 Å². The van der Waals surface area contributed by atoms with Gasteiger partial charge in [0.15, 0.2) is 0 Å². The molecule has 1 N–H and O–H groups in total. The Bertz CT molecular complexity index is 360. The normalized spacial score (nSPS) is 11.2. The molecule has 0 amide bonds. The second-order valence-corrected chi connectivity index (χ2v) is 4.80. The zero-order chi connectivity index (χ0) is 9.19. The van der Waals surface area contributed by atoms with Crippen molar-refractivity contribution in [2.45, 2.75) is 0 Å². The zero-order valence-electron chi connectivity index (χ0n) is 6.28. The number of halogens is 1. The Kier molecular flexibility index (Phi) is 2.69. The summed E-state index contributed by atoms with van der Waals surface area (Å²) in [7, 11) is -3.20. The quantitative estimate of drug-likeness (QED) is 0.804. The van der Waals surface area contributed by atoms with Crippen LogP contribution in [0.3, 0.4) is 0 Å². The molecule has 0 spiro atoms. The van der Waals surface area contributed by atoms with Crippen molar-refractivity contribution in [2.75, 3.05) is 11.0 Å². The van der Waals surface area contributed by atoms with Crippen LogP contribution < -0.4 is 4.72 Å². The van der Waals surface area contributed by atoms with E-state index < -0.39 is 10.0 Å². The summed E-state index contributed by atoms with van der Waals surface area (Å²) in [5, 5.41) is 0. The molecule has 0 aliphatic carbocycles. The molecular formula is C6H7BrN2O2S. The number of aromatic nitrogens is 1. The summed E-state index contributed by atoms with van der Waals surface area (Å²) in [5.74, 6) is 0. The number of hydrogen-bond donors (Lipinski definition) is 1. The monoisotopic (exact) mass is 250 g/mol. The van der Waals surface area contributed by atoms with Crippen LogP contribution in [0, 0.1) is 0 Å². The van der Waals surface area contributed by atoms with Crippen LogP contribution in [0.2, 0.25) is 0 Å². The van der Waals surface area contributed by atoms with Crippen LogP contribution in [0.25, 0.3) is 0 Å². The summed E-state index contributed by atoms with van der Waals surface area (Å²) in [5.41, 5.74) is 0.459. The maximum absolute atomic E-state index is 10.7.